The molecule has 0 aromatic heterocycles. The second-order valence-corrected chi connectivity index (χ2v) is 6.50. The first-order chi connectivity index (χ1) is 9.16. The normalized spacial score (nSPS) is 16.8. The van der Waals surface area contributed by atoms with E-state index in [1.54, 1.807) is 0 Å². The molecule has 1 aliphatic heterocycles. The fourth-order valence-corrected chi connectivity index (χ4v) is 2.95. The Morgan fingerprint density at radius 3 is 2.63 bits per heavy atom. The first-order valence-electron chi connectivity index (χ1n) is 7.31. The molecule has 0 bridgehead atoms. The van der Waals surface area contributed by atoms with Gasteiger partial charge in [-0.05, 0) is 55.6 Å². The van der Waals surface area contributed by atoms with Crippen molar-refractivity contribution in [1.82, 2.24) is 4.90 Å². The molecule has 1 aromatic rings. The van der Waals surface area contributed by atoms with E-state index in [4.69, 9.17) is 4.74 Å². The van der Waals surface area contributed by atoms with Gasteiger partial charge in [-0.15, -0.1) is 0 Å². The summed E-state index contributed by atoms with van der Waals surface area (Å²) in [5.41, 5.74) is 1.29. The molecule has 0 spiro atoms. The molecule has 0 amide bonds. The third-order valence-corrected chi connectivity index (χ3v) is 4.20. The SMILES string of the molecule is CC(C)c1cc(Br)ccc1OCCN1CCCCC1. The smallest absolute Gasteiger partial charge is 0.122 e. The van der Waals surface area contributed by atoms with Crippen LogP contribution in [0.3, 0.4) is 0 Å². The van der Waals surface area contributed by atoms with Gasteiger partial charge in [0.15, 0.2) is 0 Å². The number of halogens is 1. The lowest BCUT2D eigenvalue weighted by atomic mass is 10.0. The Bertz CT molecular complexity index is 400. The van der Waals surface area contributed by atoms with E-state index in [-0.39, 0.29) is 0 Å². The molecule has 0 radical (unpaired) electrons. The summed E-state index contributed by atoms with van der Waals surface area (Å²) in [5.74, 6) is 1.53. The third kappa shape index (κ3) is 4.50. The summed E-state index contributed by atoms with van der Waals surface area (Å²) in [6.45, 7) is 8.73. The number of benzene rings is 1. The van der Waals surface area contributed by atoms with Crippen LogP contribution < -0.4 is 4.74 Å². The van der Waals surface area contributed by atoms with Crippen molar-refractivity contribution in [1.29, 1.82) is 0 Å². The first-order valence-corrected chi connectivity index (χ1v) is 8.10. The van der Waals surface area contributed by atoms with Crippen molar-refractivity contribution < 1.29 is 4.74 Å². The Morgan fingerprint density at radius 1 is 1.21 bits per heavy atom. The lowest BCUT2D eigenvalue weighted by molar-refractivity contribution is 0.182. The second kappa shape index (κ2) is 7.30. The minimum Gasteiger partial charge on any atom is -0.492 e. The maximum atomic E-state index is 5.99. The molecule has 1 aromatic carbocycles. The molecule has 1 aliphatic rings. The fraction of sp³-hybridized carbons (Fsp3) is 0.625. The van der Waals surface area contributed by atoms with Gasteiger partial charge in [0.05, 0.1) is 0 Å². The summed E-state index contributed by atoms with van der Waals surface area (Å²) >= 11 is 3.53. The fourth-order valence-electron chi connectivity index (χ4n) is 2.57. The largest absolute Gasteiger partial charge is 0.492 e. The number of nitrogens with zero attached hydrogens (tertiary/aromatic N) is 1. The van der Waals surface area contributed by atoms with E-state index >= 15 is 0 Å². The van der Waals surface area contributed by atoms with Gasteiger partial charge in [-0.1, -0.05) is 36.2 Å². The van der Waals surface area contributed by atoms with Crippen LogP contribution in [0.5, 0.6) is 5.75 Å². The predicted octanol–water partition coefficient (Wildman–Crippen LogP) is 4.44. The van der Waals surface area contributed by atoms with Crippen LogP contribution in [0.1, 0.15) is 44.6 Å². The number of piperidine rings is 1. The van der Waals surface area contributed by atoms with Gasteiger partial charge in [0.25, 0.3) is 0 Å². The molecule has 1 saturated heterocycles. The molecule has 1 heterocycles. The Hall–Kier alpha value is -0.540. The van der Waals surface area contributed by atoms with Crippen molar-refractivity contribution in [2.75, 3.05) is 26.2 Å². The van der Waals surface area contributed by atoms with Crippen LogP contribution in [0.2, 0.25) is 0 Å². The molecular formula is C16H24BrNO. The molecule has 2 nitrogen and oxygen atoms in total. The Labute approximate surface area is 125 Å². The summed E-state index contributed by atoms with van der Waals surface area (Å²) in [4.78, 5) is 2.51. The minimum absolute atomic E-state index is 0.488. The molecule has 0 unspecified atom stereocenters. The average molecular weight is 326 g/mol. The highest BCUT2D eigenvalue weighted by Crippen LogP contribution is 2.29. The van der Waals surface area contributed by atoms with Crippen molar-refractivity contribution in [3.05, 3.63) is 28.2 Å². The zero-order chi connectivity index (χ0) is 13.7. The number of rotatable bonds is 5. The van der Waals surface area contributed by atoms with Gasteiger partial charge < -0.3 is 4.74 Å². The summed E-state index contributed by atoms with van der Waals surface area (Å²) in [6.07, 6.45) is 4.08. The standard InChI is InChI=1S/C16H24BrNO/c1-13(2)15-12-14(17)6-7-16(15)19-11-10-18-8-4-3-5-9-18/h6-7,12-13H,3-5,8-11H2,1-2H3. The Kier molecular flexibility index (Phi) is 5.71. The topological polar surface area (TPSA) is 12.5 Å². The average Bonchev–Trinajstić information content (AvgIpc) is 2.41. The lowest BCUT2D eigenvalue weighted by Crippen LogP contribution is -2.33. The van der Waals surface area contributed by atoms with Crippen LogP contribution in [0, 0.1) is 0 Å². The van der Waals surface area contributed by atoms with E-state index in [9.17, 15) is 0 Å². The van der Waals surface area contributed by atoms with E-state index in [0.717, 1.165) is 23.4 Å². The van der Waals surface area contributed by atoms with Crippen molar-refractivity contribution in [2.24, 2.45) is 0 Å². The Morgan fingerprint density at radius 2 is 1.95 bits per heavy atom. The Balaban J connectivity index is 1.88. The molecule has 1 fully saturated rings. The van der Waals surface area contributed by atoms with Gasteiger partial charge >= 0.3 is 0 Å². The van der Waals surface area contributed by atoms with Gasteiger partial charge in [-0.2, -0.15) is 0 Å². The second-order valence-electron chi connectivity index (χ2n) is 5.59. The van der Waals surface area contributed by atoms with Gasteiger partial charge in [0.1, 0.15) is 12.4 Å². The van der Waals surface area contributed by atoms with Crippen molar-refractivity contribution in [3.8, 4) is 5.75 Å². The van der Waals surface area contributed by atoms with E-state index in [2.05, 4.69) is 52.9 Å². The molecule has 3 heteroatoms. The first kappa shape index (κ1) is 14.9. The van der Waals surface area contributed by atoms with Crippen LogP contribution in [-0.4, -0.2) is 31.1 Å². The zero-order valence-corrected chi connectivity index (χ0v) is 13.6. The molecular weight excluding hydrogens is 302 g/mol. The van der Waals surface area contributed by atoms with Crippen LogP contribution in [0.15, 0.2) is 22.7 Å². The molecule has 0 N–H and O–H groups in total. The van der Waals surface area contributed by atoms with E-state index in [0.29, 0.717) is 5.92 Å². The highest BCUT2D eigenvalue weighted by molar-refractivity contribution is 9.10. The number of hydrogen-bond acceptors (Lipinski definition) is 2. The highest BCUT2D eigenvalue weighted by atomic mass is 79.9. The molecule has 2 rings (SSSR count). The van der Waals surface area contributed by atoms with Gasteiger partial charge in [-0.3, -0.25) is 4.90 Å². The lowest BCUT2D eigenvalue weighted by Gasteiger charge is -2.26. The van der Waals surface area contributed by atoms with E-state index in [1.807, 2.05) is 0 Å². The van der Waals surface area contributed by atoms with Crippen molar-refractivity contribution in [3.63, 3.8) is 0 Å². The number of hydrogen-bond donors (Lipinski definition) is 0. The monoisotopic (exact) mass is 325 g/mol. The predicted molar refractivity (Wildman–Crippen MR) is 84.0 cm³/mol. The number of ether oxygens (including phenoxy) is 1. The van der Waals surface area contributed by atoms with Gasteiger partial charge in [0, 0.05) is 11.0 Å². The molecule has 19 heavy (non-hydrogen) atoms. The van der Waals surface area contributed by atoms with Crippen LogP contribution in [-0.2, 0) is 0 Å². The summed E-state index contributed by atoms with van der Waals surface area (Å²) in [7, 11) is 0. The quantitative estimate of drug-likeness (QED) is 0.793. The van der Waals surface area contributed by atoms with Gasteiger partial charge in [0.2, 0.25) is 0 Å². The van der Waals surface area contributed by atoms with Crippen LogP contribution in [0.4, 0.5) is 0 Å². The molecule has 0 atom stereocenters. The summed E-state index contributed by atoms with van der Waals surface area (Å²) < 4.78 is 7.12. The van der Waals surface area contributed by atoms with Crippen molar-refractivity contribution in [2.45, 2.75) is 39.0 Å². The van der Waals surface area contributed by atoms with E-state index < -0.39 is 0 Å². The maximum Gasteiger partial charge on any atom is 0.122 e. The summed E-state index contributed by atoms with van der Waals surface area (Å²) in [6, 6.07) is 6.30. The van der Waals surface area contributed by atoms with Crippen LogP contribution >= 0.6 is 15.9 Å². The number of likely N-dealkylation sites (tertiary alicyclic amines) is 1. The van der Waals surface area contributed by atoms with Crippen LogP contribution in [0.25, 0.3) is 0 Å². The minimum atomic E-state index is 0.488. The van der Waals surface area contributed by atoms with E-state index in [1.165, 1.54) is 37.9 Å². The maximum absolute atomic E-state index is 5.99. The summed E-state index contributed by atoms with van der Waals surface area (Å²) in [5, 5.41) is 0. The molecule has 106 valence electrons. The van der Waals surface area contributed by atoms with Crippen molar-refractivity contribution >= 4 is 15.9 Å². The molecule has 0 saturated carbocycles. The van der Waals surface area contributed by atoms with Gasteiger partial charge in [-0.25, -0.2) is 0 Å². The zero-order valence-electron chi connectivity index (χ0n) is 12.0. The molecule has 0 aliphatic carbocycles. The highest BCUT2D eigenvalue weighted by Gasteiger charge is 2.11. The third-order valence-electron chi connectivity index (χ3n) is 3.71.